The fourth-order valence-electron chi connectivity index (χ4n) is 1.22. The van der Waals surface area contributed by atoms with Gasteiger partial charge in [0.25, 0.3) is 0 Å². The van der Waals surface area contributed by atoms with Crippen LogP contribution in [0.2, 0.25) is 5.02 Å². The van der Waals surface area contributed by atoms with Crippen LogP contribution in [0.5, 0.6) is 0 Å². The molecule has 0 saturated carbocycles. The second-order valence-electron chi connectivity index (χ2n) is 3.39. The van der Waals surface area contributed by atoms with Gasteiger partial charge < -0.3 is 0 Å². The second kappa shape index (κ2) is 5.16. The van der Waals surface area contributed by atoms with E-state index in [2.05, 4.69) is 10.2 Å². The number of aryl methyl sites for hydroxylation is 1. The van der Waals surface area contributed by atoms with E-state index in [1.165, 1.54) is 30.0 Å². The van der Waals surface area contributed by atoms with Gasteiger partial charge in [-0.1, -0.05) is 40.8 Å². The van der Waals surface area contributed by atoms with Crippen molar-refractivity contribution in [3.8, 4) is 0 Å². The van der Waals surface area contributed by atoms with Crippen molar-refractivity contribution in [2.24, 2.45) is 0 Å². The molecule has 2 aromatic rings. The summed E-state index contributed by atoms with van der Waals surface area (Å²) in [6.45, 7) is 3.43. The maximum atomic E-state index is 11.2. The monoisotopic (exact) mass is 284 g/mol. The van der Waals surface area contributed by atoms with E-state index >= 15 is 0 Å². The molecule has 0 aliphatic heterocycles. The smallest absolute Gasteiger partial charge is 0.179 e. The molecule has 0 spiro atoms. The van der Waals surface area contributed by atoms with Crippen molar-refractivity contribution in [1.82, 2.24) is 10.2 Å². The number of halogens is 1. The van der Waals surface area contributed by atoms with Gasteiger partial charge in [0.05, 0.1) is 5.02 Å². The van der Waals surface area contributed by atoms with E-state index in [1.807, 2.05) is 13.0 Å². The highest BCUT2D eigenvalue weighted by atomic mass is 35.5. The van der Waals surface area contributed by atoms with Crippen molar-refractivity contribution in [3.05, 3.63) is 33.8 Å². The zero-order chi connectivity index (χ0) is 12.4. The number of Topliss-reactive ketones (excluding diaryl/α,β-unsaturated/α-hetero) is 1. The SMILES string of the molecule is CC(=O)c1ccc(Sc2nnc(C)s2)c(Cl)c1. The van der Waals surface area contributed by atoms with Gasteiger partial charge in [-0.15, -0.1) is 10.2 Å². The molecule has 3 nitrogen and oxygen atoms in total. The van der Waals surface area contributed by atoms with E-state index < -0.39 is 0 Å². The van der Waals surface area contributed by atoms with Crippen molar-refractivity contribution in [2.75, 3.05) is 0 Å². The molecule has 0 bridgehead atoms. The van der Waals surface area contributed by atoms with E-state index in [9.17, 15) is 4.79 Å². The molecule has 0 aliphatic carbocycles. The predicted molar refractivity (Wildman–Crippen MR) is 70.2 cm³/mol. The molecule has 0 atom stereocenters. The van der Waals surface area contributed by atoms with Crippen LogP contribution in [0.3, 0.4) is 0 Å². The van der Waals surface area contributed by atoms with E-state index in [0.717, 1.165) is 14.2 Å². The molecule has 0 N–H and O–H groups in total. The van der Waals surface area contributed by atoms with Crippen molar-refractivity contribution < 1.29 is 4.79 Å². The van der Waals surface area contributed by atoms with E-state index in [4.69, 9.17) is 11.6 Å². The number of carbonyl (C=O) groups excluding carboxylic acids is 1. The third-order valence-electron chi connectivity index (χ3n) is 2.04. The standard InChI is InChI=1S/C11H9ClN2OS2/c1-6(15)8-3-4-10(9(12)5-8)17-11-14-13-7(2)16-11/h3-5H,1-2H3. The fraction of sp³-hybridized carbons (Fsp3) is 0.182. The topological polar surface area (TPSA) is 42.9 Å². The molecular weight excluding hydrogens is 276 g/mol. The number of hydrogen-bond acceptors (Lipinski definition) is 5. The van der Waals surface area contributed by atoms with E-state index in [0.29, 0.717) is 10.6 Å². The van der Waals surface area contributed by atoms with Crippen LogP contribution >= 0.6 is 34.7 Å². The average Bonchev–Trinajstić information content (AvgIpc) is 2.67. The zero-order valence-electron chi connectivity index (χ0n) is 9.23. The molecule has 0 amide bonds. The Labute approximate surface area is 112 Å². The minimum atomic E-state index is 0.00945. The first-order valence-corrected chi connectivity index (χ1v) is 6.86. The highest BCUT2D eigenvalue weighted by molar-refractivity contribution is 8.01. The van der Waals surface area contributed by atoms with Crippen LogP contribution < -0.4 is 0 Å². The lowest BCUT2D eigenvalue weighted by Gasteiger charge is -2.02. The normalized spacial score (nSPS) is 10.5. The molecule has 1 aromatic carbocycles. The molecule has 17 heavy (non-hydrogen) atoms. The molecule has 6 heteroatoms. The molecule has 2 rings (SSSR count). The van der Waals surface area contributed by atoms with Crippen molar-refractivity contribution in [1.29, 1.82) is 0 Å². The Balaban J connectivity index is 2.25. The van der Waals surface area contributed by atoms with Crippen molar-refractivity contribution >= 4 is 40.5 Å². The summed E-state index contributed by atoms with van der Waals surface area (Å²) in [6, 6.07) is 5.28. The van der Waals surface area contributed by atoms with E-state index in [1.54, 1.807) is 12.1 Å². The van der Waals surface area contributed by atoms with Crippen LogP contribution in [-0.2, 0) is 0 Å². The Morgan fingerprint density at radius 1 is 1.41 bits per heavy atom. The summed E-state index contributed by atoms with van der Waals surface area (Å²) in [5, 5.41) is 9.44. The number of benzene rings is 1. The Kier molecular flexibility index (Phi) is 3.81. The van der Waals surface area contributed by atoms with Crippen LogP contribution in [0.15, 0.2) is 27.4 Å². The molecule has 88 valence electrons. The van der Waals surface area contributed by atoms with Crippen LogP contribution in [-0.4, -0.2) is 16.0 Å². The summed E-state index contributed by atoms with van der Waals surface area (Å²) in [5.74, 6) is 0.00945. The zero-order valence-corrected chi connectivity index (χ0v) is 11.6. The van der Waals surface area contributed by atoms with Crippen LogP contribution in [0.4, 0.5) is 0 Å². The Bertz CT molecular complexity index is 568. The molecule has 0 fully saturated rings. The minimum Gasteiger partial charge on any atom is -0.295 e. The number of rotatable bonds is 3. The molecule has 0 radical (unpaired) electrons. The van der Waals surface area contributed by atoms with Gasteiger partial charge in [-0.05, 0) is 26.0 Å². The highest BCUT2D eigenvalue weighted by Gasteiger charge is 2.09. The van der Waals surface area contributed by atoms with Crippen LogP contribution in [0.25, 0.3) is 0 Å². The number of ketones is 1. The van der Waals surface area contributed by atoms with Gasteiger partial charge in [0, 0.05) is 10.5 Å². The molecule has 1 heterocycles. The molecule has 1 aromatic heterocycles. The first-order chi connectivity index (χ1) is 8.06. The van der Waals surface area contributed by atoms with Crippen LogP contribution in [0, 0.1) is 6.92 Å². The lowest BCUT2D eigenvalue weighted by Crippen LogP contribution is -1.91. The largest absolute Gasteiger partial charge is 0.295 e. The average molecular weight is 285 g/mol. The first-order valence-electron chi connectivity index (χ1n) is 4.84. The Hall–Kier alpha value is -0.910. The molecular formula is C11H9ClN2OS2. The third kappa shape index (κ3) is 3.06. The summed E-state index contributed by atoms with van der Waals surface area (Å²) < 4.78 is 0.847. The Morgan fingerprint density at radius 2 is 2.18 bits per heavy atom. The minimum absolute atomic E-state index is 0.00945. The molecule has 0 aliphatic rings. The van der Waals surface area contributed by atoms with Gasteiger partial charge in [0.15, 0.2) is 10.1 Å². The van der Waals surface area contributed by atoms with Gasteiger partial charge >= 0.3 is 0 Å². The second-order valence-corrected chi connectivity index (χ2v) is 6.27. The number of hydrogen-bond donors (Lipinski definition) is 0. The van der Waals surface area contributed by atoms with Gasteiger partial charge in [0.2, 0.25) is 0 Å². The maximum Gasteiger partial charge on any atom is 0.179 e. The van der Waals surface area contributed by atoms with Crippen LogP contribution in [0.1, 0.15) is 22.3 Å². The number of carbonyl (C=O) groups is 1. The van der Waals surface area contributed by atoms with Gasteiger partial charge in [-0.25, -0.2) is 0 Å². The number of aromatic nitrogens is 2. The van der Waals surface area contributed by atoms with Crippen molar-refractivity contribution in [3.63, 3.8) is 0 Å². The van der Waals surface area contributed by atoms with Gasteiger partial charge in [-0.2, -0.15) is 0 Å². The molecule has 0 saturated heterocycles. The summed E-state index contributed by atoms with van der Waals surface area (Å²) in [4.78, 5) is 12.1. The quantitative estimate of drug-likeness (QED) is 0.803. The summed E-state index contributed by atoms with van der Waals surface area (Å²) >= 11 is 9.09. The molecule has 0 unspecified atom stereocenters. The highest BCUT2D eigenvalue weighted by Crippen LogP contribution is 2.35. The summed E-state index contributed by atoms with van der Waals surface area (Å²) in [7, 11) is 0. The predicted octanol–water partition coefficient (Wildman–Crippen LogP) is 3.85. The Morgan fingerprint density at radius 3 is 2.71 bits per heavy atom. The lowest BCUT2D eigenvalue weighted by atomic mass is 10.1. The fourth-order valence-corrected chi connectivity index (χ4v) is 3.29. The lowest BCUT2D eigenvalue weighted by molar-refractivity contribution is 0.101. The van der Waals surface area contributed by atoms with Gasteiger partial charge in [-0.3, -0.25) is 4.79 Å². The van der Waals surface area contributed by atoms with Gasteiger partial charge in [0.1, 0.15) is 5.01 Å². The summed E-state index contributed by atoms with van der Waals surface area (Å²) in [6.07, 6.45) is 0. The number of nitrogens with zero attached hydrogens (tertiary/aromatic N) is 2. The van der Waals surface area contributed by atoms with E-state index in [-0.39, 0.29) is 5.78 Å². The maximum absolute atomic E-state index is 11.2. The van der Waals surface area contributed by atoms with Crippen molar-refractivity contribution in [2.45, 2.75) is 23.1 Å². The third-order valence-corrected chi connectivity index (χ3v) is 4.43. The summed E-state index contributed by atoms with van der Waals surface area (Å²) in [5.41, 5.74) is 0.618. The first kappa shape index (κ1) is 12.5.